The van der Waals surface area contributed by atoms with Gasteiger partial charge in [-0.15, -0.1) is 12.4 Å². The molecular formula is C17H28ClN5O. The molecule has 0 radical (unpaired) electrons. The zero-order chi connectivity index (χ0) is 16.1. The van der Waals surface area contributed by atoms with Gasteiger partial charge in [-0.2, -0.15) is 0 Å². The summed E-state index contributed by atoms with van der Waals surface area (Å²) in [6, 6.07) is 4.02. The highest BCUT2D eigenvalue weighted by atomic mass is 35.5. The van der Waals surface area contributed by atoms with E-state index in [0.29, 0.717) is 6.54 Å². The lowest BCUT2D eigenvalue weighted by Gasteiger charge is -2.34. The second-order valence-electron chi connectivity index (χ2n) is 6.52. The number of amides is 1. The average molecular weight is 354 g/mol. The van der Waals surface area contributed by atoms with Crippen LogP contribution in [0.1, 0.15) is 18.4 Å². The van der Waals surface area contributed by atoms with Crippen molar-refractivity contribution in [2.24, 2.45) is 5.92 Å². The number of anilines is 1. The van der Waals surface area contributed by atoms with Crippen LogP contribution in [0, 0.1) is 5.92 Å². The van der Waals surface area contributed by atoms with Gasteiger partial charge in [0.05, 0.1) is 0 Å². The van der Waals surface area contributed by atoms with Crippen LogP contribution in [0.4, 0.5) is 5.82 Å². The summed E-state index contributed by atoms with van der Waals surface area (Å²) in [6.07, 6.45) is 3.71. The van der Waals surface area contributed by atoms with Crippen molar-refractivity contribution in [1.82, 2.24) is 20.5 Å². The number of nitrogens with zero attached hydrogens (tertiary/aromatic N) is 3. The Hall–Kier alpha value is -1.37. The predicted molar refractivity (Wildman–Crippen MR) is 98.6 cm³/mol. The van der Waals surface area contributed by atoms with Crippen molar-refractivity contribution in [3.63, 3.8) is 0 Å². The number of nitrogens with one attached hydrogen (secondary N) is 2. The number of rotatable bonds is 4. The molecule has 1 amide bonds. The molecule has 0 aromatic carbocycles. The molecule has 3 heterocycles. The van der Waals surface area contributed by atoms with Crippen LogP contribution in [0.5, 0.6) is 0 Å². The molecule has 0 aliphatic carbocycles. The molecule has 2 N–H and O–H groups in total. The first-order chi connectivity index (χ1) is 11.2. The molecule has 2 fully saturated rings. The van der Waals surface area contributed by atoms with Crippen molar-refractivity contribution in [2.75, 3.05) is 51.2 Å². The van der Waals surface area contributed by atoms with Crippen molar-refractivity contribution in [2.45, 2.75) is 19.4 Å². The number of aromatic nitrogens is 1. The highest BCUT2D eigenvalue weighted by Gasteiger charge is 2.22. The van der Waals surface area contributed by atoms with E-state index in [2.05, 4.69) is 38.5 Å². The molecule has 0 unspecified atom stereocenters. The molecule has 134 valence electrons. The Balaban J connectivity index is 0.00000208. The predicted octanol–water partition coefficient (Wildman–Crippen LogP) is 0.871. The number of piperazine rings is 1. The van der Waals surface area contributed by atoms with Crippen LogP contribution in [-0.4, -0.2) is 62.1 Å². The Bertz CT molecular complexity index is 527. The second kappa shape index (κ2) is 9.20. The average Bonchev–Trinajstić information content (AvgIpc) is 2.61. The summed E-state index contributed by atoms with van der Waals surface area (Å²) in [6.45, 7) is 6.54. The Morgan fingerprint density at radius 1 is 1.29 bits per heavy atom. The van der Waals surface area contributed by atoms with Crippen LogP contribution in [0.3, 0.4) is 0 Å². The van der Waals surface area contributed by atoms with Crippen molar-refractivity contribution in [3.8, 4) is 0 Å². The largest absolute Gasteiger partial charge is 0.354 e. The molecule has 2 aliphatic rings. The number of piperidine rings is 1. The van der Waals surface area contributed by atoms with Crippen molar-refractivity contribution in [3.05, 3.63) is 23.9 Å². The molecule has 0 saturated carbocycles. The fourth-order valence-electron chi connectivity index (χ4n) is 3.28. The smallest absolute Gasteiger partial charge is 0.223 e. The first kappa shape index (κ1) is 19.0. The topological polar surface area (TPSA) is 60.5 Å². The Labute approximate surface area is 150 Å². The maximum absolute atomic E-state index is 12.3. The van der Waals surface area contributed by atoms with Crippen LogP contribution < -0.4 is 15.5 Å². The van der Waals surface area contributed by atoms with E-state index in [-0.39, 0.29) is 24.2 Å². The van der Waals surface area contributed by atoms with Crippen LogP contribution in [-0.2, 0) is 11.3 Å². The van der Waals surface area contributed by atoms with Crippen LogP contribution in [0.15, 0.2) is 18.3 Å². The van der Waals surface area contributed by atoms with Gasteiger partial charge < -0.3 is 20.4 Å². The standard InChI is InChI=1S/C17H27N5O.ClH/c1-21-9-11-22(12-10-21)16-15(3-2-6-19-16)13-20-17(23)14-4-7-18-8-5-14;/h2-3,6,14,18H,4-5,7-13H2,1H3,(H,20,23);1H. The van der Waals surface area contributed by atoms with E-state index in [4.69, 9.17) is 0 Å². The van der Waals surface area contributed by atoms with Gasteiger partial charge in [-0.05, 0) is 39.0 Å². The molecular weight excluding hydrogens is 326 g/mol. The molecule has 3 rings (SSSR count). The van der Waals surface area contributed by atoms with Crippen molar-refractivity contribution in [1.29, 1.82) is 0 Å². The van der Waals surface area contributed by atoms with Gasteiger partial charge >= 0.3 is 0 Å². The number of likely N-dealkylation sites (N-methyl/N-ethyl adjacent to an activating group) is 1. The van der Waals surface area contributed by atoms with E-state index in [9.17, 15) is 4.79 Å². The fourth-order valence-corrected chi connectivity index (χ4v) is 3.28. The van der Waals surface area contributed by atoms with Gasteiger partial charge in [0, 0.05) is 50.4 Å². The summed E-state index contributed by atoms with van der Waals surface area (Å²) >= 11 is 0. The lowest BCUT2D eigenvalue weighted by atomic mass is 9.97. The number of hydrogen-bond donors (Lipinski definition) is 2. The molecule has 0 atom stereocenters. The number of carbonyl (C=O) groups is 1. The van der Waals surface area contributed by atoms with Crippen LogP contribution in [0.2, 0.25) is 0 Å². The Morgan fingerprint density at radius 3 is 2.71 bits per heavy atom. The van der Waals surface area contributed by atoms with Crippen molar-refractivity contribution >= 4 is 24.1 Å². The van der Waals surface area contributed by atoms with E-state index >= 15 is 0 Å². The normalized spacial score (nSPS) is 19.6. The summed E-state index contributed by atoms with van der Waals surface area (Å²) in [4.78, 5) is 21.5. The van der Waals surface area contributed by atoms with Gasteiger partial charge in [-0.3, -0.25) is 4.79 Å². The highest BCUT2D eigenvalue weighted by Crippen LogP contribution is 2.19. The summed E-state index contributed by atoms with van der Waals surface area (Å²) in [5.74, 6) is 1.35. The number of halogens is 1. The molecule has 6 nitrogen and oxygen atoms in total. The lowest BCUT2D eigenvalue weighted by molar-refractivity contribution is -0.125. The zero-order valence-corrected chi connectivity index (χ0v) is 15.1. The third kappa shape index (κ3) is 4.82. The molecule has 7 heteroatoms. The van der Waals surface area contributed by atoms with Gasteiger partial charge in [-0.1, -0.05) is 6.07 Å². The van der Waals surface area contributed by atoms with E-state index in [0.717, 1.165) is 63.5 Å². The third-order valence-corrected chi connectivity index (χ3v) is 4.83. The van der Waals surface area contributed by atoms with Gasteiger partial charge in [-0.25, -0.2) is 4.98 Å². The maximum atomic E-state index is 12.3. The van der Waals surface area contributed by atoms with Gasteiger partial charge in [0.25, 0.3) is 0 Å². The minimum absolute atomic E-state index is 0. The maximum Gasteiger partial charge on any atom is 0.223 e. The highest BCUT2D eigenvalue weighted by molar-refractivity contribution is 5.85. The second-order valence-corrected chi connectivity index (χ2v) is 6.52. The van der Waals surface area contributed by atoms with Gasteiger partial charge in [0.15, 0.2) is 0 Å². The van der Waals surface area contributed by atoms with E-state index in [1.54, 1.807) is 0 Å². The Kier molecular flexibility index (Phi) is 7.27. The van der Waals surface area contributed by atoms with Gasteiger partial charge in [0.1, 0.15) is 5.82 Å². The fraction of sp³-hybridized carbons (Fsp3) is 0.647. The molecule has 0 bridgehead atoms. The Morgan fingerprint density at radius 2 is 2.00 bits per heavy atom. The van der Waals surface area contributed by atoms with Crippen molar-refractivity contribution < 1.29 is 4.79 Å². The summed E-state index contributed by atoms with van der Waals surface area (Å²) in [5.41, 5.74) is 1.11. The van der Waals surface area contributed by atoms with Gasteiger partial charge in [0.2, 0.25) is 5.91 Å². The third-order valence-electron chi connectivity index (χ3n) is 4.83. The molecule has 1 aromatic rings. The number of pyridine rings is 1. The van der Waals surface area contributed by atoms with E-state index in [1.165, 1.54) is 0 Å². The SMILES string of the molecule is CN1CCN(c2ncccc2CNC(=O)C2CCNCC2)CC1.Cl. The summed E-state index contributed by atoms with van der Waals surface area (Å²) in [5, 5.41) is 6.41. The van der Waals surface area contributed by atoms with Crippen LogP contribution in [0.25, 0.3) is 0 Å². The first-order valence-electron chi connectivity index (χ1n) is 8.60. The number of hydrogen-bond acceptors (Lipinski definition) is 5. The lowest BCUT2D eigenvalue weighted by Crippen LogP contribution is -2.45. The molecule has 2 aliphatic heterocycles. The van der Waals surface area contributed by atoms with E-state index in [1.807, 2.05) is 12.3 Å². The summed E-state index contributed by atoms with van der Waals surface area (Å²) in [7, 11) is 2.15. The molecule has 2 saturated heterocycles. The first-order valence-corrected chi connectivity index (χ1v) is 8.60. The molecule has 0 spiro atoms. The zero-order valence-electron chi connectivity index (χ0n) is 14.3. The van der Waals surface area contributed by atoms with Crippen LogP contribution >= 0.6 is 12.4 Å². The minimum Gasteiger partial charge on any atom is -0.354 e. The molecule has 24 heavy (non-hydrogen) atoms. The summed E-state index contributed by atoms with van der Waals surface area (Å²) < 4.78 is 0. The quantitative estimate of drug-likeness (QED) is 0.841. The minimum atomic E-state index is 0. The van der Waals surface area contributed by atoms with E-state index < -0.39 is 0 Å². The molecule has 1 aromatic heterocycles. The number of carbonyl (C=O) groups excluding carboxylic acids is 1. The monoisotopic (exact) mass is 353 g/mol.